The van der Waals surface area contributed by atoms with Crippen molar-refractivity contribution in [1.82, 2.24) is 34.6 Å². The lowest BCUT2D eigenvalue weighted by molar-refractivity contribution is 0.304. The minimum atomic E-state index is 0.666. The van der Waals surface area contributed by atoms with Crippen LogP contribution in [0.3, 0.4) is 0 Å². The number of hydrogen-bond donors (Lipinski definition) is 0. The lowest BCUT2D eigenvalue weighted by Crippen LogP contribution is -2.29. The molecule has 0 aliphatic carbocycles. The van der Waals surface area contributed by atoms with Crippen LogP contribution in [0.5, 0.6) is 0 Å². The maximum absolute atomic E-state index is 4.55. The summed E-state index contributed by atoms with van der Waals surface area (Å²) in [5.41, 5.74) is 4.20. The summed E-state index contributed by atoms with van der Waals surface area (Å²) in [5.74, 6) is 3.16. The highest BCUT2D eigenvalue weighted by Gasteiger charge is 2.40. The zero-order valence-electron chi connectivity index (χ0n) is 17.2. The average molecular weight is 390 g/mol. The zero-order valence-corrected chi connectivity index (χ0v) is 17.2. The maximum Gasteiger partial charge on any atom is 0.159 e. The first-order valence-corrected chi connectivity index (χ1v) is 10.2. The summed E-state index contributed by atoms with van der Waals surface area (Å²) in [5, 5.41) is 4.55. The van der Waals surface area contributed by atoms with Crippen molar-refractivity contribution in [1.29, 1.82) is 0 Å². The highest BCUT2D eigenvalue weighted by molar-refractivity contribution is 5.45. The summed E-state index contributed by atoms with van der Waals surface area (Å²) >= 11 is 0. The van der Waals surface area contributed by atoms with E-state index in [1.165, 1.54) is 0 Å². The number of fused-ring (bicyclic) bond motifs is 1. The van der Waals surface area contributed by atoms with Crippen LogP contribution in [-0.2, 0) is 6.54 Å². The Balaban J connectivity index is 1.27. The number of aryl methyl sites for hydroxylation is 3. The Hall–Kier alpha value is -2.87. The van der Waals surface area contributed by atoms with Crippen molar-refractivity contribution >= 4 is 5.82 Å². The second-order valence-electron chi connectivity index (χ2n) is 8.28. The van der Waals surface area contributed by atoms with Crippen molar-refractivity contribution in [2.45, 2.75) is 27.3 Å². The number of hydrogen-bond acceptors (Lipinski definition) is 7. The van der Waals surface area contributed by atoms with E-state index >= 15 is 0 Å². The van der Waals surface area contributed by atoms with Gasteiger partial charge in [0.15, 0.2) is 5.82 Å². The normalized spacial score (nSPS) is 21.7. The minimum absolute atomic E-state index is 0.666. The summed E-state index contributed by atoms with van der Waals surface area (Å²) in [4.78, 5) is 22.8. The topological polar surface area (TPSA) is 75.9 Å². The van der Waals surface area contributed by atoms with Gasteiger partial charge >= 0.3 is 0 Å². The maximum atomic E-state index is 4.55. The predicted octanol–water partition coefficient (Wildman–Crippen LogP) is 1.95. The molecule has 5 heterocycles. The fourth-order valence-electron chi connectivity index (χ4n) is 4.70. The lowest BCUT2D eigenvalue weighted by Gasteiger charge is -2.22. The Labute approximate surface area is 170 Å². The van der Waals surface area contributed by atoms with Crippen LogP contribution in [0.25, 0.3) is 5.82 Å². The Bertz CT molecular complexity index is 1020. The van der Waals surface area contributed by atoms with Crippen LogP contribution in [0.1, 0.15) is 22.8 Å². The van der Waals surface area contributed by atoms with Gasteiger partial charge in [0.05, 0.1) is 17.1 Å². The van der Waals surface area contributed by atoms with E-state index in [9.17, 15) is 0 Å². The monoisotopic (exact) mass is 390 g/mol. The quantitative estimate of drug-likeness (QED) is 0.674. The first-order chi connectivity index (χ1) is 14.1. The van der Waals surface area contributed by atoms with Crippen molar-refractivity contribution in [3.8, 4) is 5.82 Å². The Kier molecular flexibility index (Phi) is 4.50. The van der Waals surface area contributed by atoms with Crippen LogP contribution in [0.2, 0.25) is 0 Å². The molecule has 2 atom stereocenters. The van der Waals surface area contributed by atoms with Crippen molar-refractivity contribution < 1.29 is 0 Å². The Morgan fingerprint density at radius 1 is 0.862 bits per heavy atom. The van der Waals surface area contributed by atoms with Gasteiger partial charge in [-0.1, -0.05) is 0 Å². The molecule has 2 fully saturated rings. The zero-order chi connectivity index (χ0) is 20.0. The van der Waals surface area contributed by atoms with Crippen molar-refractivity contribution in [2.75, 3.05) is 31.1 Å². The van der Waals surface area contributed by atoms with Crippen LogP contribution in [0.15, 0.2) is 30.9 Å². The Morgan fingerprint density at radius 3 is 2.28 bits per heavy atom. The number of nitrogens with zero attached hydrogens (tertiary/aromatic N) is 8. The highest BCUT2D eigenvalue weighted by atomic mass is 15.3. The van der Waals surface area contributed by atoms with E-state index < -0.39 is 0 Å². The molecule has 2 aliphatic rings. The van der Waals surface area contributed by atoms with E-state index in [-0.39, 0.29) is 0 Å². The van der Waals surface area contributed by atoms with Crippen LogP contribution < -0.4 is 4.90 Å². The van der Waals surface area contributed by atoms with Gasteiger partial charge in [0, 0.05) is 56.9 Å². The number of likely N-dealkylation sites (tertiary alicyclic amines) is 1. The standard InChI is InChI=1S/C21H26N8/c1-14-6-15(2)29(26-14)21-7-20(24-13-25-21)28-10-17-8-27(9-18(17)11-28)12-19-16(3)22-4-5-23-19/h4-7,13,17-18H,8-12H2,1-3H3. The second kappa shape index (κ2) is 7.18. The van der Waals surface area contributed by atoms with Crippen LogP contribution in [0, 0.1) is 32.6 Å². The van der Waals surface area contributed by atoms with E-state index in [1.807, 2.05) is 18.5 Å². The molecule has 8 nitrogen and oxygen atoms in total. The first-order valence-electron chi connectivity index (χ1n) is 10.2. The highest BCUT2D eigenvalue weighted by Crippen LogP contribution is 2.34. The molecule has 0 aromatic carbocycles. The van der Waals surface area contributed by atoms with E-state index in [1.54, 1.807) is 18.7 Å². The second-order valence-corrected chi connectivity index (χ2v) is 8.28. The first kappa shape index (κ1) is 18.2. The Morgan fingerprint density at radius 2 is 1.59 bits per heavy atom. The van der Waals surface area contributed by atoms with Gasteiger partial charge in [-0.3, -0.25) is 14.9 Å². The summed E-state index contributed by atoms with van der Waals surface area (Å²) in [6, 6.07) is 4.12. The van der Waals surface area contributed by atoms with Crippen molar-refractivity contribution in [2.24, 2.45) is 11.8 Å². The van der Waals surface area contributed by atoms with E-state index in [4.69, 9.17) is 0 Å². The smallest absolute Gasteiger partial charge is 0.159 e. The third kappa shape index (κ3) is 3.48. The van der Waals surface area contributed by atoms with E-state index in [0.717, 1.165) is 67.1 Å². The molecule has 0 bridgehead atoms. The van der Waals surface area contributed by atoms with Gasteiger partial charge in [0.25, 0.3) is 0 Å². The number of anilines is 1. The summed E-state index contributed by atoms with van der Waals surface area (Å²) in [7, 11) is 0. The molecule has 150 valence electrons. The largest absolute Gasteiger partial charge is 0.356 e. The molecular formula is C21H26N8. The van der Waals surface area contributed by atoms with Gasteiger partial charge in [-0.05, 0) is 38.7 Å². The molecule has 0 radical (unpaired) electrons. The summed E-state index contributed by atoms with van der Waals surface area (Å²) < 4.78 is 1.89. The lowest BCUT2D eigenvalue weighted by atomic mass is 10.0. The molecule has 3 aromatic rings. The predicted molar refractivity (Wildman–Crippen MR) is 110 cm³/mol. The molecule has 0 saturated carbocycles. The van der Waals surface area contributed by atoms with Crippen LogP contribution >= 0.6 is 0 Å². The number of rotatable bonds is 4. The van der Waals surface area contributed by atoms with E-state index in [2.05, 4.69) is 53.9 Å². The molecule has 0 spiro atoms. The van der Waals surface area contributed by atoms with E-state index in [0.29, 0.717) is 11.8 Å². The molecule has 3 aromatic heterocycles. The molecule has 2 unspecified atom stereocenters. The third-order valence-corrected chi connectivity index (χ3v) is 6.11. The molecular weight excluding hydrogens is 364 g/mol. The summed E-state index contributed by atoms with van der Waals surface area (Å²) in [6.07, 6.45) is 5.20. The fraction of sp³-hybridized carbons (Fsp3) is 0.476. The molecule has 0 N–H and O–H groups in total. The summed E-state index contributed by atoms with van der Waals surface area (Å²) in [6.45, 7) is 11.3. The minimum Gasteiger partial charge on any atom is -0.356 e. The van der Waals surface area contributed by atoms with Crippen LogP contribution in [-0.4, -0.2) is 60.8 Å². The molecule has 5 rings (SSSR count). The number of aromatic nitrogens is 6. The molecule has 0 amide bonds. The van der Waals surface area contributed by atoms with Gasteiger partial charge < -0.3 is 4.90 Å². The molecule has 8 heteroatoms. The molecule has 2 aliphatic heterocycles. The average Bonchev–Trinajstić information content (AvgIpc) is 3.36. The van der Waals surface area contributed by atoms with Gasteiger partial charge in [0.1, 0.15) is 12.1 Å². The van der Waals surface area contributed by atoms with Gasteiger partial charge in [-0.15, -0.1) is 0 Å². The molecule has 2 saturated heterocycles. The third-order valence-electron chi connectivity index (χ3n) is 6.11. The van der Waals surface area contributed by atoms with Crippen molar-refractivity contribution in [3.05, 3.63) is 53.6 Å². The SMILES string of the molecule is Cc1cc(C)n(-c2cc(N3CC4CN(Cc5nccnc5C)CC4C3)ncn2)n1. The van der Waals surface area contributed by atoms with Gasteiger partial charge in [-0.2, -0.15) is 5.10 Å². The van der Waals surface area contributed by atoms with Crippen LogP contribution in [0.4, 0.5) is 5.82 Å². The fourth-order valence-corrected chi connectivity index (χ4v) is 4.70. The van der Waals surface area contributed by atoms with Crippen molar-refractivity contribution in [3.63, 3.8) is 0 Å². The molecule has 29 heavy (non-hydrogen) atoms. The van der Waals surface area contributed by atoms with Gasteiger partial charge in [-0.25, -0.2) is 14.6 Å². The van der Waals surface area contributed by atoms with Gasteiger partial charge in [0.2, 0.25) is 0 Å².